The molecular formula is C19H24N10O5S3. The number of hydrogen-bond acceptors (Lipinski definition) is 15. The maximum Gasteiger partial charge on any atom is 0.352 e. The molecule has 0 bridgehead atoms. The van der Waals surface area contributed by atoms with Crippen LogP contribution in [0, 0.1) is 0 Å². The smallest absolute Gasteiger partial charge is 0.352 e. The number of anilines is 1. The standard InChI is InChI=1S/C19H24N10O5S3/c1-28-13(22)8(20)12(21)26-19(28)37-4-6-3-35-16-10(15(31)29(16)11(6)17(32)33)25-14(30)9(27-34-2)7-5-36-18(23)24-7/h5,10,13,16H,3-4,20-22H2,1-2H3,(H2,23,24)(H,25,30)(H,32,33)/b27-9-/t10?,13?,16-/m0/s1. The maximum atomic E-state index is 13.0. The Kier molecular flexibility index (Phi) is 7.53. The number of nitrogens with two attached hydrogens (primary N) is 4. The predicted molar refractivity (Wildman–Crippen MR) is 141 cm³/mol. The third-order valence-electron chi connectivity index (χ3n) is 5.62. The second-order valence-corrected chi connectivity index (χ2v) is 10.8. The number of thioether (sulfide) groups is 2. The van der Waals surface area contributed by atoms with Crippen molar-refractivity contribution in [2.75, 3.05) is 31.4 Å². The summed E-state index contributed by atoms with van der Waals surface area (Å²) in [6, 6.07) is -0.959. The van der Waals surface area contributed by atoms with E-state index in [1.54, 1.807) is 11.9 Å². The zero-order valence-electron chi connectivity index (χ0n) is 19.6. The van der Waals surface area contributed by atoms with Gasteiger partial charge in [-0.25, -0.2) is 14.8 Å². The first-order valence-electron chi connectivity index (χ1n) is 10.5. The number of nitrogens with one attached hydrogen (secondary N) is 1. The molecule has 198 valence electrons. The van der Waals surface area contributed by atoms with Crippen LogP contribution < -0.4 is 28.3 Å². The predicted octanol–water partition coefficient (Wildman–Crippen LogP) is -1.78. The van der Waals surface area contributed by atoms with Crippen molar-refractivity contribution in [1.82, 2.24) is 20.1 Å². The molecule has 0 aliphatic carbocycles. The summed E-state index contributed by atoms with van der Waals surface area (Å²) in [5.41, 5.74) is 24.0. The summed E-state index contributed by atoms with van der Waals surface area (Å²) in [6.45, 7) is 0. The number of amides is 2. The van der Waals surface area contributed by atoms with Crippen molar-refractivity contribution in [2.24, 2.45) is 27.3 Å². The van der Waals surface area contributed by atoms with E-state index in [1.165, 1.54) is 40.9 Å². The van der Waals surface area contributed by atoms with Gasteiger partial charge < -0.3 is 43.1 Å². The lowest BCUT2D eigenvalue weighted by Crippen LogP contribution is -2.71. The zero-order valence-corrected chi connectivity index (χ0v) is 22.0. The molecule has 0 aromatic carbocycles. The minimum absolute atomic E-state index is 0.104. The number of carboxylic acid groups (broad SMARTS) is 1. The number of amidine groups is 1. The number of aliphatic carboxylic acids is 1. The molecule has 1 fully saturated rings. The number of oxime groups is 1. The Balaban J connectivity index is 1.49. The lowest BCUT2D eigenvalue weighted by atomic mass is 10.0. The van der Waals surface area contributed by atoms with Crippen LogP contribution in [0.2, 0.25) is 0 Å². The number of carbonyl (C=O) groups is 3. The van der Waals surface area contributed by atoms with Gasteiger partial charge >= 0.3 is 5.97 Å². The second kappa shape index (κ2) is 10.5. The van der Waals surface area contributed by atoms with Gasteiger partial charge in [0.1, 0.15) is 41.9 Å². The third kappa shape index (κ3) is 4.91. The molecule has 0 saturated carbocycles. The van der Waals surface area contributed by atoms with Crippen molar-refractivity contribution in [3.63, 3.8) is 0 Å². The number of aliphatic imine (C=N–C) groups is 1. The van der Waals surface area contributed by atoms with E-state index in [1.807, 2.05) is 0 Å². The third-order valence-corrected chi connectivity index (χ3v) is 8.77. The zero-order chi connectivity index (χ0) is 27.0. The molecule has 1 aromatic rings. The Labute approximate surface area is 223 Å². The Morgan fingerprint density at radius 2 is 2.11 bits per heavy atom. The average Bonchev–Trinajstić information content (AvgIpc) is 3.30. The highest BCUT2D eigenvalue weighted by atomic mass is 32.2. The van der Waals surface area contributed by atoms with Crippen molar-refractivity contribution in [3.8, 4) is 0 Å². The maximum absolute atomic E-state index is 13.0. The van der Waals surface area contributed by atoms with Crippen LogP contribution in [0.4, 0.5) is 5.13 Å². The minimum atomic E-state index is -1.25. The summed E-state index contributed by atoms with van der Waals surface area (Å²) in [4.78, 5) is 53.8. The van der Waals surface area contributed by atoms with Crippen molar-refractivity contribution in [3.05, 3.63) is 33.9 Å². The number of thiazole rings is 1. The van der Waals surface area contributed by atoms with E-state index in [4.69, 9.17) is 27.8 Å². The van der Waals surface area contributed by atoms with Gasteiger partial charge in [-0.1, -0.05) is 16.9 Å². The highest BCUT2D eigenvalue weighted by Gasteiger charge is 2.54. The van der Waals surface area contributed by atoms with Gasteiger partial charge in [0.15, 0.2) is 16.0 Å². The summed E-state index contributed by atoms with van der Waals surface area (Å²) >= 11 is 3.67. The first-order valence-corrected chi connectivity index (χ1v) is 13.4. The van der Waals surface area contributed by atoms with E-state index in [9.17, 15) is 19.5 Å². The van der Waals surface area contributed by atoms with Crippen LogP contribution >= 0.6 is 34.9 Å². The fraction of sp³-hybridized carbons (Fsp3) is 0.368. The lowest BCUT2D eigenvalue weighted by molar-refractivity contribution is -0.150. The number of nitrogens with zero attached hydrogens (tertiary/aromatic N) is 5. The fourth-order valence-corrected chi connectivity index (χ4v) is 6.75. The molecule has 18 heteroatoms. The molecule has 3 atom stereocenters. The number of rotatable bonds is 7. The largest absolute Gasteiger partial charge is 0.477 e. The average molecular weight is 569 g/mol. The molecule has 4 heterocycles. The fourth-order valence-electron chi connectivity index (χ4n) is 3.71. The molecule has 10 N–H and O–H groups in total. The molecule has 1 saturated heterocycles. The van der Waals surface area contributed by atoms with Gasteiger partial charge in [0.25, 0.3) is 11.8 Å². The summed E-state index contributed by atoms with van der Waals surface area (Å²) in [6.07, 6.45) is -0.661. The molecule has 2 unspecified atom stereocenters. The molecular weight excluding hydrogens is 544 g/mol. The Morgan fingerprint density at radius 1 is 1.38 bits per heavy atom. The van der Waals surface area contributed by atoms with Crippen molar-refractivity contribution in [1.29, 1.82) is 0 Å². The van der Waals surface area contributed by atoms with Crippen molar-refractivity contribution < 1.29 is 24.3 Å². The Morgan fingerprint density at radius 3 is 2.73 bits per heavy atom. The van der Waals surface area contributed by atoms with Crippen LogP contribution in [0.15, 0.2) is 38.3 Å². The minimum Gasteiger partial charge on any atom is -0.477 e. The van der Waals surface area contributed by atoms with Gasteiger partial charge in [-0.2, -0.15) is 0 Å². The molecule has 1 aromatic heterocycles. The number of likely N-dealkylation sites (N-methyl/N-ethyl adjacent to an activating group) is 1. The van der Waals surface area contributed by atoms with Crippen LogP contribution in [0.3, 0.4) is 0 Å². The lowest BCUT2D eigenvalue weighted by Gasteiger charge is -2.49. The summed E-state index contributed by atoms with van der Waals surface area (Å²) < 4.78 is 0. The first kappa shape index (κ1) is 26.6. The molecule has 3 aliphatic heterocycles. The summed E-state index contributed by atoms with van der Waals surface area (Å²) in [5, 5.41) is 17.9. The molecule has 37 heavy (non-hydrogen) atoms. The number of nitrogen functional groups attached to an aromatic ring is 1. The van der Waals surface area contributed by atoms with Crippen molar-refractivity contribution in [2.45, 2.75) is 17.6 Å². The quantitative estimate of drug-likeness (QED) is 0.121. The molecule has 3 aliphatic rings. The summed E-state index contributed by atoms with van der Waals surface area (Å²) in [5.74, 6) is -1.87. The van der Waals surface area contributed by atoms with E-state index in [-0.39, 0.29) is 39.5 Å². The SMILES string of the molecule is CO/N=C(\C(=O)NC1C(=O)N2C(C(=O)O)=C(CSC3=NC(N)=C(N)C(N)N3C)CS[C@@H]12)c1csc(N)n1. The Hall–Kier alpha value is -3.48. The second-order valence-electron chi connectivity index (χ2n) is 7.89. The molecule has 15 nitrogen and oxygen atoms in total. The number of carbonyl (C=O) groups excluding carboxylic acids is 2. The van der Waals surface area contributed by atoms with E-state index < -0.39 is 35.4 Å². The number of hydrogen-bond donors (Lipinski definition) is 6. The molecule has 4 rings (SSSR count). The van der Waals surface area contributed by atoms with Gasteiger partial charge in [0.2, 0.25) is 0 Å². The van der Waals surface area contributed by atoms with Gasteiger partial charge in [0.05, 0.1) is 5.70 Å². The van der Waals surface area contributed by atoms with E-state index in [2.05, 4.69) is 20.4 Å². The summed E-state index contributed by atoms with van der Waals surface area (Å²) in [7, 11) is 2.96. The molecule has 2 amide bonds. The first-order chi connectivity index (χ1) is 17.5. The van der Waals surface area contributed by atoms with Gasteiger partial charge in [0, 0.05) is 23.9 Å². The van der Waals surface area contributed by atoms with Crippen LogP contribution in [-0.4, -0.2) is 91.8 Å². The molecule has 0 radical (unpaired) electrons. The van der Waals surface area contributed by atoms with Crippen LogP contribution in [0.1, 0.15) is 5.69 Å². The number of aromatic nitrogens is 1. The van der Waals surface area contributed by atoms with Gasteiger partial charge in [-0.15, -0.1) is 23.1 Å². The van der Waals surface area contributed by atoms with Gasteiger partial charge in [-0.3, -0.25) is 14.5 Å². The van der Waals surface area contributed by atoms with Gasteiger partial charge in [-0.05, 0) is 5.57 Å². The highest BCUT2D eigenvalue weighted by molar-refractivity contribution is 8.14. The van der Waals surface area contributed by atoms with Crippen LogP contribution in [-0.2, 0) is 19.2 Å². The van der Waals surface area contributed by atoms with E-state index in [0.717, 1.165) is 11.3 Å². The topological polar surface area (TPSA) is 241 Å². The molecule has 0 spiro atoms. The number of β-lactam (4-membered cyclic amide) rings is 1. The normalized spacial score (nSPS) is 24.0. The highest BCUT2D eigenvalue weighted by Crippen LogP contribution is 2.41. The van der Waals surface area contributed by atoms with Crippen molar-refractivity contribution >= 4 is 68.7 Å². The van der Waals surface area contributed by atoms with E-state index in [0.29, 0.717) is 16.5 Å². The van der Waals surface area contributed by atoms with Crippen LogP contribution in [0.5, 0.6) is 0 Å². The van der Waals surface area contributed by atoms with Crippen LogP contribution in [0.25, 0.3) is 0 Å². The van der Waals surface area contributed by atoms with E-state index >= 15 is 0 Å². The monoisotopic (exact) mass is 568 g/mol. The number of fused-ring (bicyclic) bond motifs is 1. The number of carboxylic acids is 1. The Bertz CT molecular complexity index is 1270.